The summed E-state index contributed by atoms with van der Waals surface area (Å²) in [6, 6.07) is 13.8. The van der Waals surface area contributed by atoms with Crippen LogP contribution in [0, 0.1) is 6.92 Å². The Morgan fingerprint density at radius 1 is 1.20 bits per heavy atom. The Morgan fingerprint density at radius 3 is 2.70 bits per heavy atom. The summed E-state index contributed by atoms with van der Waals surface area (Å²) in [6.45, 7) is 4.06. The largest absolute Gasteiger partial charge is 0.325 e. The summed E-state index contributed by atoms with van der Waals surface area (Å²) in [6.07, 6.45) is 0.679. The lowest BCUT2D eigenvalue weighted by molar-refractivity contribution is -0.120. The van der Waals surface area contributed by atoms with Gasteiger partial charge in [-0.3, -0.25) is 4.79 Å². The minimum absolute atomic E-state index is 0.0398. The third-order valence-electron chi connectivity index (χ3n) is 4.13. The van der Waals surface area contributed by atoms with Gasteiger partial charge in [-0.25, -0.2) is 0 Å². The highest BCUT2D eigenvalue weighted by atomic mass is 35.5. The lowest BCUT2D eigenvalue weighted by atomic mass is 9.77. The molecule has 0 bridgehead atoms. The lowest BCUT2D eigenvalue weighted by Crippen LogP contribution is -2.33. The second-order valence-corrected chi connectivity index (χ2v) is 6.02. The molecule has 0 aromatic heterocycles. The third-order valence-corrected chi connectivity index (χ3v) is 4.37. The van der Waals surface area contributed by atoms with Crippen LogP contribution in [0.3, 0.4) is 0 Å². The molecule has 2 nitrogen and oxygen atoms in total. The van der Waals surface area contributed by atoms with Crippen LogP contribution in [0.4, 0.5) is 5.69 Å². The summed E-state index contributed by atoms with van der Waals surface area (Å²) >= 11 is 6.09. The summed E-state index contributed by atoms with van der Waals surface area (Å²) in [5, 5.41) is 3.62. The SMILES string of the molecule is Cc1ccccc1CC1(C)C(=O)Nc2ccc(Cl)cc21. The highest BCUT2D eigenvalue weighted by molar-refractivity contribution is 6.31. The molecule has 2 aromatic rings. The minimum Gasteiger partial charge on any atom is -0.325 e. The standard InChI is InChI=1S/C17H16ClNO/c1-11-5-3-4-6-12(11)10-17(2)14-9-13(18)7-8-15(14)19-16(17)20/h3-9H,10H2,1-2H3,(H,19,20). The van der Waals surface area contributed by atoms with Crippen LogP contribution in [0.5, 0.6) is 0 Å². The number of aryl methyl sites for hydroxylation is 1. The first-order chi connectivity index (χ1) is 9.50. The Balaban J connectivity index is 2.07. The van der Waals surface area contributed by atoms with Crippen molar-refractivity contribution in [3.05, 3.63) is 64.2 Å². The van der Waals surface area contributed by atoms with Crippen LogP contribution >= 0.6 is 11.6 Å². The van der Waals surface area contributed by atoms with Gasteiger partial charge in [-0.15, -0.1) is 0 Å². The van der Waals surface area contributed by atoms with Crippen LogP contribution in [0.15, 0.2) is 42.5 Å². The fourth-order valence-corrected chi connectivity index (χ4v) is 3.00. The second kappa shape index (κ2) is 4.64. The van der Waals surface area contributed by atoms with E-state index in [4.69, 9.17) is 11.6 Å². The maximum atomic E-state index is 12.4. The molecule has 3 heteroatoms. The topological polar surface area (TPSA) is 29.1 Å². The van der Waals surface area contributed by atoms with E-state index in [1.807, 2.05) is 31.2 Å². The smallest absolute Gasteiger partial charge is 0.235 e. The normalized spacial score (nSPS) is 20.6. The molecule has 0 aliphatic carbocycles. The molecule has 1 unspecified atom stereocenters. The first-order valence-corrected chi connectivity index (χ1v) is 7.04. The third kappa shape index (κ3) is 2.01. The predicted octanol–water partition coefficient (Wildman–Crippen LogP) is 4.10. The van der Waals surface area contributed by atoms with E-state index in [0.29, 0.717) is 11.4 Å². The highest BCUT2D eigenvalue weighted by Gasteiger charge is 2.42. The number of anilines is 1. The molecule has 0 saturated carbocycles. The van der Waals surface area contributed by atoms with Crippen LogP contribution in [0.2, 0.25) is 5.02 Å². The number of carbonyl (C=O) groups excluding carboxylic acids is 1. The maximum Gasteiger partial charge on any atom is 0.235 e. The van der Waals surface area contributed by atoms with E-state index < -0.39 is 5.41 Å². The van der Waals surface area contributed by atoms with E-state index in [1.165, 1.54) is 11.1 Å². The van der Waals surface area contributed by atoms with Gasteiger partial charge in [0.2, 0.25) is 5.91 Å². The van der Waals surface area contributed by atoms with Gasteiger partial charge in [0.05, 0.1) is 5.41 Å². The Kier molecular flexibility index (Phi) is 3.06. The summed E-state index contributed by atoms with van der Waals surface area (Å²) in [4.78, 5) is 12.4. The highest BCUT2D eigenvalue weighted by Crippen LogP contribution is 2.41. The van der Waals surface area contributed by atoms with Gasteiger partial charge in [0.1, 0.15) is 0 Å². The Bertz CT molecular complexity index is 695. The summed E-state index contributed by atoms with van der Waals surface area (Å²) in [5.41, 5.74) is 3.69. The van der Waals surface area contributed by atoms with Crippen molar-refractivity contribution in [3.8, 4) is 0 Å². The number of fused-ring (bicyclic) bond motifs is 1. The van der Waals surface area contributed by atoms with E-state index in [-0.39, 0.29) is 5.91 Å². The maximum absolute atomic E-state index is 12.4. The van der Waals surface area contributed by atoms with Gasteiger partial charge < -0.3 is 5.32 Å². The van der Waals surface area contributed by atoms with Gasteiger partial charge >= 0.3 is 0 Å². The number of carbonyl (C=O) groups is 1. The van der Waals surface area contributed by atoms with Crippen LogP contribution in [0.1, 0.15) is 23.6 Å². The van der Waals surface area contributed by atoms with E-state index in [2.05, 4.69) is 24.4 Å². The molecule has 0 spiro atoms. The number of benzene rings is 2. The van der Waals surface area contributed by atoms with Gasteiger partial charge in [0.25, 0.3) is 0 Å². The van der Waals surface area contributed by atoms with Crippen LogP contribution in [-0.4, -0.2) is 5.91 Å². The number of rotatable bonds is 2. The average Bonchev–Trinajstić information content (AvgIpc) is 2.65. The molecular weight excluding hydrogens is 270 g/mol. The van der Waals surface area contributed by atoms with Crippen molar-refractivity contribution in [2.24, 2.45) is 0 Å². The number of hydrogen-bond donors (Lipinski definition) is 1. The summed E-state index contributed by atoms with van der Waals surface area (Å²) in [5.74, 6) is 0.0398. The van der Waals surface area contributed by atoms with Crippen molar-refractivity contribution in [1.29, 1.82) is 0 Å². The van der Waals surface area contributed by atoms with E-state index in [1.54, 1.807) is 6.07 Å². The monoisotopic (exact) mass is 285 g/mol. The molecule has 0 fully saturated rings. The Labute approximate surface area is 123 Å². The molecule has 0 radical (unpaired) electrons. The minimum atomic E-state index is -0.563. The summed E-state index contributed by atoms with van der Waals surface area (Å²) in [7, 11) is 0. The predicted molar refractivity (Wildman–Crippen MR) is 82.3 cm³/mol. The quantitative estimate of drug-likeness (QED) is 0.884. The molecule has 1 amide bonds. The summed E-state index contributed by atoms with van der Waals surface area (Å²) < 4.78 is 0. The number of nitrogens with one attached hydrogen (secondary N) is 1. The zero-order valence-electron chi connectivity index (χ0n) is 11.5. The van der Waals surface area contributed by atoms with Crippen molar-refractivity contribution >= 4 is 23.2 Å². The molecule has 0 saturated heterocycles. The molecule has 1 atom stereocenters. The number of amides is 1. The molecule has 1 aliphatic rings. The van der Waals surface area contributed by atoms with Gasteiger partial charge in [-0.05, 0) is 55.2 Å². The Hall–Kier alpha value is -1.80. The van der Waals surface area contributed by atoms with E-state index >= 15 is 0 Å². The number of halogens is 1. The zero-order chi connectivity index (χ0) is 14.3. The van der Waals surface area contributed by atoms with Crippen LogP contribution in [-0.2, 0) is 16.6 Å². The second-order valence-electron chi connectivity index (χ2n) is 5.58. The zero-order valence-corrected chi connectivity index (χ0v) is 12.3. The van der Waals surface area contributed by atoms with Gasteiger partial charge in [0, 0.05) is 10.7 Å². The molecule has 2 aromatic carbocycles. The van der Waals surface area contributed by atoms with Gasteiger partial charge in [0.15, 0.2) is 0 Å². The molecule has 20 heavy (non-hydrogen) atoms. The molecule has 1 N–H and O–H groups in total. The molecule has 102 valence electrons. The van der Waals surface area contributed by atoms with Crippen LogP contribution < -0.4 is 5.32 Å². The first kappa shape index (κ1) is 13.2. The Morgan fingerprint density at radius 2 is 1.95 bits per heavy atom. The molecule has 1 heterocycles. The van der Waals surface area contributed by atoms with E-state index in [9.17, 15) is 4.79 Å². The fourth-order valence-electron chi connectivity index (χ4n) is 2.83. The fraction of sp³-hybridized carbons (Fsp3) is 0.235. The molecule has 3 rings (SSSR count). The van der Waals surface area contributed by atoms with Crippen molar-refractivity contribution in [2.75, 3.05) is 5.32 Å². The average molecular weight is 286 g/mol. The van der Waals surface area contributed by atoms with Crippen molar-refractivity contribution in [1.82, 2.24) is 0 Å². The van der Waals surface area contributed by atoms with Crippen molar-refractivity contribution in [2.45, 2.75) is 25.7 Å². The van der Waals surface area contributed by atoms with Gasteiger partial charge in [-0.1, -0.05) is 35.9 Å². The molecule has 1 aliphatic heterocycles. The first-order valence-electron chi connectivity index (χ1n) is 6.67. The number of hydrogen-bond acceptors (Lipinski definition) is 1. The molecular formula is C17H16ClNO. The van der Waals surface area contributed by atoms with Crippen molar-refractivity contribution < 1.29 is 4.79 Å². The van der Waals surface area contributed by atoms with Gasteiger partial charge in [-0.2, -0.15) is 0 Å². The van der Waals surface area contributed by atoms with Crippen LogP contribution in [0.25, 0.3) is 0 Å². The van der Waals surface area contributed by atoms with Crippen molar-refractivity contribution in [3.63, 3.8) is 0 Å². The van der Waals surface area contributed by atoms with E-state index in [0.717, 1.165) is 11.3 Å². The lowest BCUT2D eigenvalue weighted by Gasteiger charge is -2.23.